The maximum atomic E-state index is 12.3. The van der Waals surface area contributed by atoms with E-state index >= 15 is 0 Å². The third-order valence-electron chi connectivity index (χ3n) is 8.38. The van der Waals surface area contributed by atoms with Crippen LogP contribution in [0.4, 0.5) is 28.8 Å². The molecule has 2 aliphatic rings. The van der Waals surface area contributed by atoms with Crippen molar-refractivity contribution in [3.8, 4) is 5.75 Å². The highest BCUT2D eigenvalue weighted by atomic mass is 35.5. The highest BCUT2D eigenvalue weighted by Crippen LogP contribution is 2.37. The molecule has 0 atom stereocenters. The van der Waals surface area contributed by atoms with Crippen molar-refractivity contribution in [2.75, 3.05) is 55.1 Å². The number of hydrogen-bond donors (Lipinski definition) is 2. The van der Waals surface area contributed by atoms with E-state index in [4.69, 9.17) is 16.3 Å². The Morgan fingerprint density at radius 3 is 2.48 bits per heavy atom. The molecule has 2 saturated heterocycles. The maximum absolute atomic E-state index is 12.3. The molecule has 0 spiro atoms. The van der Waals surface area contributed by atoms with Crippen molar-refractivity contribution in [2.45, 2.75) is 44.4 Å². The zero-order chi connectivity index (χ0) is 30.8. The molecule has 2 N–H and O–H groups in total. The fourth-order valence-corrected chi connectivity index (χ4v) is 7.20. The van der Waals surface area contributed by atoms with Crippen LogP contribution in [0.5, 0.6) is 5.75 Å². The Bertz CT molecular complexity index is 1770. The van der Waals surface area contributed by atoms with Gasteiger partial charge in [-0.3, -0.25) is 9.97 Å². The van der Waals surface area contributed by atoms with Crippen LogP contribution in [0.1, 0.15) is 36.8 Å². The second-order valence-electron chi connectivity index (χ2n) is 11.5. The summed E-state index contributed by atoms with van der Waals surface area (Å²) in [7, 11) is -1.72. The summed E-state index contributed by atoms with van der Waals surface area (Å²) in [6.45, 7) is 6.62. The minimum Gasteiger partial charge on any atom is -0.494 e. The topological polar surface area (TPSA) is 125 Å². The summed E-state index contributed by atoms with van der Waals surface area (Å²) < 4.78 is 30.4. The van der Waals surface area contributed by atoms with Gasteiger partial charge in [-0.2, -0.15) is 4.98 Å². The number of fused-ring (bicyclic) bond motifs is 1. The van der Waals surface area contributed by atoms with Crippen LogP contribution < -0.4 is 20.3 Å². The molecule has 13 heteroatoms. The molecule has 0 unspecified atom stereocenters. The summed E-state index contributed by atoms with van der Waals surface area (Å²) in [5.74, 6) is 1.08. The maximum Gasteiger partial charge on any atom is 0.229 e. The standard InChI is InChI=1S/C31H37ClN8O3S/c1-20-16-26(28(43-2)17-27(20)40-14-8-21(9-15-40)39-12-4-5-13-39)37-31-35-18-23(32)30(38-31)36-24-6-7-25-29(34-11-10-33-25)22(24)19-44(3,41)42/h6-7,10-11,16-18,21H,4-5,8-9,12-15,19H2,1-3H3,(H2,35,36,37,38). The summed E-state index contributed by atoms with van der Waals surface area (Å²) >= 11 is 6.50. The summed E-state index contributed by atoms with van der Waals surface area (Å²) in [4.78, 5) is 22.8. The van der Waals surface area contributed by atoms with Gasteiger partial charge in [0.15, 0.2) is 15.7 Å². The third-order valence-corrected chi connectivity index (χ3v) is 9.47. The van der Waals surface area contributed by atoms with Crippen molar-refractivity contribution in [1.29, 1.82) is 0 Å². The number of sulfone groups is 1. The number of anilines is 5. The van der Waals surface area contributed by atoms with Gasteiger partial charge in [-0.15, -0.1) is 0 Å². The van der Waals surface area contributed by atoms with Crippen molar-refractivity contribution in [3.05, 3.63) is 59.0 Å². The number of ether oxygens (including phenoxy) is 1. The van der Waals surface area contributed by atoms with Crippen LogP contribution in [-0.4, -0.2) is 78.8 Å². The van der Waals surface area contributed by atoms with Crippen LogP contribution in [0, 0.1) is 6.92 Å². The molecule has 44 heavy (non-hydrogen) atoms. The summed E-state index contributed by atoms with van der Waals surface area (Å²) in [6.07, 6.45) is 10.8. The quantitative estimate of drug-likeness (QED) is 0.242. The van der Waals surface area contributed by atoms with Crippen LogP contribution in [0.15, 0.2) is 42.9 Å². The number of benzene rings is 2. The lowest BCUT2D eigenvalue weighted by molar-refractivity contribution is 0.208. The molecule has 0 aliphatic carbocycles. The first-order valence-electron chi connectivity index (χ1n) is 14.8. The fourth-order valence-electron chi connectivity index (χ4n) is 6.25. The van der Waals surface area contributed by atoms with E-state index in [0.29, 0.717) is 45.8 Å². The van der Waals surface area contributed by atoms with Crippen molar-refractivity contribution in [1.82, 2.24) is 24.8 Å². The number of methoxy groups -OCH3 is 1. The molecule has 232 valence electrons. The average molecular weight is 637 g/mol. The average Bonchev–Trinajstić information content (AvgIpc) is 3.55. The molecule has 0 saturated carbocycles. The zero-order valence-electron chi connectivity index (χ0n) is 25.2. The molecule has 4 aromatic rings. The molecule has 2 aliphatic heterocycles. The number of hydrogen-bond acceptors (Lipinski definition) is 11. The molecular weight excluding hydrogens is 600 g/mol. The third kappa shape index (κ3) is 6.67. The molecule has 2 aromatic heterocycles. The van der Waals surface area contributed by atoms with Crippen LogP contribution in [0.2, 0.25) is 5.02 Å². The van der Waals surface area contributed by atoms with E-state index in [-0.39, 0.29) is 10.8 Å². The van der Waals surface area contributed by atoms with Crippen LogP contribution in [0.25, 0.3) is 11.0 Å². The Kier molecular flexibility index (Phi) is 8.75. The van der Waals surface area contributed by atoms with Gasteiger partial charge in [-0.1, -0.05) is 11.6 Å². The van der Waals surface area contributed by atoms with Gasteiger partial charge in [0.2, 0.25) is 5.95 Å². The molecular formula is C31H37ClN8O3S. The van der Waals surface area contributed by atoms with E-state index in [9.17, 15) is 8.42 Å². The van der Waals surface area contributed by atoms with Crippen LogP contribution in [-0.2, 0) is 15.6 Å². The molecule has 6 rings (SSSR count). The number of likely N-dealkylation sites (tertiary alicyclic amines) is 1. The molecule has 11 nitrogen and oxygen atoms in total. The fraction of sp³-hybridized carbons (Fsp3) is 0.419. The molecule has 0 bridgehead atoms. The largest absolute Gasteiger partial charge is 0.494 e. The van der Waals surface area contributed by atoms with Crippen LogP contribution in [0.3, 0.4) is 0 Å². The number of nitrogens with one attached hydrogen (secondary N) is 2. The summed E-state index contributed by atoms with van der Waals surface area (Å²) in [6, 6.07) is 8.34. The van der Waals surface area contributed by atoms with Gasteiger partial charge in [-0.25, -0.2) is 13.4 Å². The van der Waals surface area contributed by atoms with Gasteiger partial charge in [0.25, 0.3) is 0 Å². The zero-order valence-corrected chi connectivity index (χ0v) is 26.7. The number of rotatable bonds is 9. The van der Waals surface area contributed by atoms with Crippen molar-refractivity contribution >= 4 is 61.3 Å². The lowest BCUT2D eigenvalue weighted by Crippen LogP contribution is -2.44. The lowest BCUT2D eigenvalue weighted by atomic mass is 10.0. The van der Waals surface area contributed by atoms with Crippen LogP contribution >= 0.6 is 11.6 Å². The monoisotopic (exact) mass is 636 g/mol. The van der Waals surface area contributed by atoms with E-state index in [1.54, 1.807) is 25.4 Å². The first kappa shape index (κ1) is 30.3. The smallest absolute Gasteiger partial charge is 0.229 e. The second-order valence-corrected chi connectivity index (χ2v) is 14.1. The Balaban J connectivity index is 1.23. The Morgan fingerprint density at radius 2 is 1.75 bits per heavy atom. The Labute approximate surface area is 263 Å². The predicted octanol–water partition coefficient (Wildman–Crippen LogP) is 5.49. The number of piperidine rings is 1. The Hall–Kier alpha value is -3.74. The minimum atomic E-state index is -3.38. The number of aromatic nitrogens is 4. The lowest BCUT2D eigenvalue weighted by Gasteiger charge is -2.38. The molecule has 0 amide bonds. The van der Waals surface area contributed by atoms with E-state index in [1.165, 1.54) is 63.1 Å². The first-order chi connectivity index (χ1) is 21.2. The second kappa shape index (κ2) is 12.7. The summed E-state index contributed by atoms with van der Waals surface area (Å²) in [5.41, 5.74) is 5.11. The molecule has 0 radical (unpaired) electrons. The van der Waals surface area contributed by atoms with Gasteiger partial charge < -0.3 is 25.2 Å². The predicted molar refractivity (Wildman–Crippen MR) is 175 cm³/mol. The van der Waals surface area contributed by atoms with E-state index in [0.717, 1.165) is 24.3 Å². The number of nitrogens with zero attached hydrogens (tertiary/aromatic N) is 6. The van der Waals surface area contributed by atoms with Crippen molar-refractivity contribution in [3.63, 3.8) is 0 Å². The molecule has 2 aromatic carbocycles. The summed E-state index contributed by atoms with van der Waals surface area (Å²) in [5, 5.41) is 6.76. The normalized spacial score (nSPS) is 16.4. The van der Waals surface area contributed by atoms with E-state index < -0.39 is 9.84 Å². The van der Waals surface area contributed by atoms with E-state index in [1.807, 2.05) is 0 Å². The molecule has 2 fully saturated rings. The van der Waals surface area contributed by atoms with Gasteiger partial charge in [-0.05, 0) is 69.5 Å². The van der Waals surface area contributed by atoms with Gasteiger partial charge in [0, 0.05) is 60.8 Å². The first-order valence-corrected chi connectivity index (χ1v) is 17.3. The van der Waals surface area contributed by atoms with Gasteiger partial charge >= 0.3 is 0 Å². The minimum absolute atomic E-state index is 0.224. The number of aryl methyl sites for hydroxylation is 1. The highest BCUT2D eigenvalue weighted by molar-refractivity contribution is 7.89. The van der Waals surface area contributed by atoms with Crippen molar-refractivity contribution in [2.24, 2.45) is 0 Å². The SMILES string of the molecule is COc1cc(N2CCC(N3CCCC3)CC2)c(C)cc1Nc1ncc(Cl)c(Nc2ccc3nccnc3c2CS(C)(=O)=O)n1. The van der Waals surface area contributed by atoms with Gasteiger partial charge in [0.05, 0.1) is 35.8 Å². The molecule has 4 heterocycles. The van der Waals surface area contributed by atoms with Crippen molar-refractivity contribution < 1.29 is 13.2 Å². The van der Waals surface area contributed by atoms with Gasteiger partial charge in [0.1, 0.15) is 10.8 Å². The Morgan fingerprint density at radius 1 is 1.00 bits per heavy atom. The number of halogens is 1. The van der Waals surface area contributed by atoms with E-state index in [2.05, 4.69) is 59.4 Å². The highest BCUT2D eigenvalue weighted by Gasteiger charge is 2.27.